The van der Waals surface area contributed by atoms with Crippen molar-refractivity contribution >= 4 is 23.0 Å². The molecule has 0 aliphatic carbocycles. The fourth-order valence-corrected chi connectivity index (χ4v) is 4.44. The molecule has 0 spiro atoms. The molecule has 2 aromatic carbocycles. The topological polar surface area (TPSA) is 93.8 Å². The first-order chi connectivity index (χ1) is 16.7. The number of hydrogen-bond donors (Lipinski definition) is 1. The van der Waals surface area contributed by atoms with E-state index in [4.69, 9.17) is 9.15 Å². The van der Waals surface area contributed by atoms with Gasteiger partial charge in [0.1, 0.15) is 12.1 Å². The number of fused-ring (bicyclic) bond motifs is 1. The maximum Gasteiger partial charge on any atom is 0.420 e. The number of esters is 1. The second-order valence-corrected chi connectivity index (χ2v) is 10.1. The lowest BCUT2D eigenvalue weighted by atomic mass is 10.1. The molecule has 1 aliphatic heterocycles. The van der Waals surface area contributed by atoms with Crippen molar-refractivity contribution in [3.05, 3.63) is 70.2 Å². The number of carbonyl (C=O) groups is 2. The Bertz CT molecular complexity index is 1230. The Hall–Kier alpha value is -3.39. The number of hydrogen-bond acceptors (Lipinski definition) is 6. The van der Waals surface area contributed by atoms with E-state index in [1.165, 1.54) is 17.4 Å². The van der Waals surface area contributed by atoms with Gasteiger partial charge in [-0.25, -0.2) is 4.79 Å². The molecule has 1 aliphatic rings. The summed E-state index contributed by atoms with van der Waals surface area (Å²) in [6.07, 6.45) is 2.52. The Kier molecular flexibility index (Phi) is 7.40. The molecular weight excluding hydrogens is 446 g/mol. The summed E-state index contributed by atoms with van der Waals surface area (Å²) >= 11 is 0. The highest BCUT2D eigenvalue weighted by atomic mass is 16.6. The van der Waals surface area contributed by atoms with Crippen LogP contribution in [0.3, 0.4) is 0 Å². The Morgan fingerprint density at radius 2 is 1.80 bits per heavy atom. The van der Waals surface area contributed by atoms with E-state index < -0.39 is 17.3 Å². The van der Waals surface area contributed by atoms with Crippen molar-refractivity contribution in [2.24, 2.45) is 0 Å². The molecule has 3 aromatic rings. The highest BCUT2D eigenvalue weighted by Gasteiger charge is 2.22. The first-order valence-corrected chi connectivity index (χ1v) is 12.1. The van der Waals surface area contributed by atoms with Gasteiger partial charge in [-0.1, -0.05) is 36.4 Å². The Balaban J connectivity index is 1.49. The molecule has 8 nitrogen and oxygen atoms in total. The number of oxazole rings is 1. The van der Waals surface area contributed by atoms with Crippen molar-refractivity contribution in [2.45, 2.75) is 58.2 Å². The van der Waals surface area contributed by atoms with Crippen LogP contribution in [0.2, 0.25) is 0 Å². The van der Waals surface area contributed by atoms with E-state index in [9.17, 15) is 14.4 Å². The number of rotatable bonds is 8. The summed E-state index contributed by atoms with van der Waals surface area (Å²) < 4.78 is 11.9. The maximum absolute atomic E-state index is 13.0. The van der Waals surface area contributed by atoms with E-state index in [2.05, 4.69) is 10.2 Å². The average molecular weight is 480 g/mol. The number of benzene rings is 2. The first kappa shape index (κ1) is 24.7. The second-order valence-electron chi connectivity index (χ2n) is 10.1. The van der Waals surface area contributed by atoms with Crippen molar-refractivity contribution in [1.29, 1.82) is 0 Å². The summed E-state index contributed by atoms with van der Waals surface area (Å²) in [5.74, 6) is -1.28. The fraction of sp³-hybridized carbons (Fsp3) is 0.444. The quantitative estimate of drug-likeness (QED) is 0.498. The number of carbonyl (C=O) groups excluding carboxylic acids is 2. The van der Waals surface area contributed by atoms with E-state index in [-0.39, 0.29) is 24.9 Å². The summed E-state index contributed by atoms with van der Waals surface area (Å²) in [6.45, 7) is 7.91. The lowest BCUT2D eigenvalue weighted by Crippen LogP contribution is -2.37. The number of likely N-dealkylation sites (tertiary alicyclic amines) is 1. The third-order valence-corrected chi connectivity index (χ3v) is 5.98. The second kappa shape index (κ2) is 10.5. The Labute approximate surface area is 204 Å². The van der Waals surface area contributed by atoms with Gasteiger partial charge in [-0.2, -0.15) is 0 Å². The van der Waals surface area contributed by atoms with Gasteiger partial charge >= 0.3 is 11.7 Å². The van der Waals surface area contributed by atoms with Crippen molar-refractivity contribution in [3.8, 4) is 0 Å². The standard InChI is InChI=1S/C27H33N3O5/c1-27(2,3)35-25(32)18-30-22-15-19(11-12-23(22)34-26(30)33)16-24(31)28-21(17-29-13-7-8-14-29)20-9-5-4-6-10-20/h4-6,9-12,15,21H,7-8,13-14,16-18H2,1-3H3,(H,28,31)/t21-/m1/s1. The van der Waals surface area contributed by atoms with Crippen LogP contribution in [0.25, 0.3) is 11.1 Å². The first-order valence-electron chi connectivity index (χ1n) is 12.1. The zero-order valence-electron chi connectivity index (χ0n) is 20.6. The van der Waals surface area contributed by atoms with Gasteiger partial charge in [-0.05, 0) is 70.0 Å². The SMILES string of the molecule is CC(C)(C)OC(=O)Cn1c(=O)oc2ccc(CC(=O)N[C@H](CN3CCCC3)c3ccccc3)cc21. The summed E-state index contributed by atoms with van der Waals surface area (Å²) in [7, 11) is 0. The molecule has 8 heteroatoms. The minimum atomic E-state index is -0.659. The van der Waals surface area contributed by atoms with Crippen molar-refractivity contribution in [1.82, 2.24) is 14.8 Å². The maximum atomic E-state index is 13.0. The molecule has 1 saturated heterocycles. The Morgan fingerprint density at radius 3 is 2.49 bits per heavy atom. The molecule has 1 aromatic heterocycles. The van der Waals surface area contributed by atoms with Crippen molar-refractivity contribution < 1.29 is 18.7 Å². The fourth-order valence-electron chi connectivity index (χ4n) is 4.44. The van der Waals surface area contributed by atoms with Gasteiger partial charge in [0.25, 0.3) is 0 Å². The van der Waals surface area contributed by atoms with Gasteiger partial charge in [0.05, 0.1) is 18.0 Å². The number of aromatic nitrogens is 1. The van der Waals surface area contributed by atoms with Crippen molar-refractivity contribution in [2.75, 3.05) is 19.6 Å². The van der Waals surface area contributed by atoms with Crippen LogP contribution in [0.15, 0.2) is 57.7 Å². The van der Waals surface area contributed by atoms with Crippen LogP contribution in [0.4, 0.5) is 0 Å². The average Bonchev–Trinajstić information content (AvgIpc) is 3.40. The van der Waals surface area contributed by atoms with Crippen molar-refractivity contribution in [3.63, 3.8) is 0 Å². The smallest absolute Gasteiger partial charge is 0.420 e. The molecule has 0 radical (unpaired) electrons. The molecule has 4 rings (SSSR count). The van der Waals surface area contributed by atoms with Crippen LogP contribution >= 0.6 is 0 Å². The van der Waals surface area contributed by atoms with Gasteiger partial charge in [0.15, 0.2) is 5.58 Å². The minimum Gasteiger partial charge on any atom is -0.459 e. The van der Waals surface area contributed by atoms with Crippen LogP contribution in [-0.4, -0.2) is 46.6 Å². The summed E-state index contributed by atoms with van der Waals surface area (Å²) in [4.78, 5) is 40.1. The molecule has 186 valence electrons. The third kappa shape index (κ3) is 6.60. The van der Waals surface area contributed by atoms with Crippen LogP contribution in [-0.2, 0) is 27.3 Å². The molecule has 1 N–H and O–H groups in total. The number of nitrogens with one attached hydrogen (secondary N) is 1. The van der Waals surface area contributed by atoms with Gasteiger partial charge < -0.3 is 19.4 Å². The molecular formula is C27H33N3O5. The van der Waals surface area contributed by atoms with Crippen LogP contribution in [0.5, 0.6) is 0 Å². The molecule has 1 amide bonds. The number of amides is 1. The van der Waals surface area contributed by atoms with Crippen LogP contribution in [0.1, 0.15) is 50.8 Å². The lowest BCUT2D eigenvalue weighted by molar-refractivity contribution is -0.155. The molecule has 1 atom stereocenters. The highest BCUT2D eigenvalue weighted by molar-refractivity contribution is 5.82. The highest BCUT2D eigenvalue weighted by Crippen LogP contribution is 2.20. The monoisotopic (exact) mass is 479 g/mol. The molecule has 0 bridgehead atoms. The van der Waals surface area contributed by atoms with E-state index >= 15 is 0 Å². The van der Waals surface area contributed by atoms with Gasteiger partial charge in [0.2, 0.25) is 5.91 Å². The lowest BCUT2D eigenvalue weighted by Gasteiger charge is -2.25. The Morgan fingerprint density at radius 1 is 1.09 bits per heavy atom. The number of ether oxygens (including phenoxy) is 1. The predicted octanol–water partition coefficient (Wildman–Crippen LogP) is 3.43. The third-order valence-electron chi connectivity index (χ3n) is 5.98. The number of nitrogens with zero attached hydrogens (tertiary/aromatic N) is 2. The van der Waals surface area contributed by atoms with E-state index in [0.717, 1.165) is 30.8 Å². The summed E-state index contributed by atoms with van der Waals surface area (Å²) in [5.41, 5.74) is 1.96. The van der Waals surface area contributed by atoms with Gasteiger partial charge in [-0.15, -0.1) is 0 Å². The van der Waals surface area contributed by atoms with E-state index in [1.54, 1.807) is 39.0 Å². The minimum absolute atomic E-state index is 0.107. The zero-order chi connectivity index (χ0) is 25.0. The van der Waals surface area contributed by atoms with E-state index in [0.29, 0.717) is 11.1 Å². The van der Waals surface area contributed by atoms with Crippen LogP contribution in [0, 0.1) is 0 Å². The molecule has 1 fully saturated rings. The predicted molar refractivity (Wildman–Crippen MR) is 133 cm³/mol. The van der Waals surface area contributed by atoms with Crippen LogP contribution < -0.4 is 11.1 Å². The largest absolute Gasteiger partial charge is 0.459 e. The van der Waals surface area contributed by atoms with E-state index in [1.807, 2.05) is 30.3 Å². The molecule has 0 unspecified atom stereocenters. The summed E-state index contributed by atoms with van der Waals surface area (Å²) in [6, 6.07) is 15.0. The molecule has 35 heavy (non-hydrogen) atoms. The normalized spacial score (nSPS) is 15.3. The molecule has 0 saturated carbocycles. The molecule has 2 heterocycles. The van der Waals surface area contributed by atoms with Gasteiger partial charge in [-0.3, -0.25) is 14.2 Å². The zero-order valence-corrected chi connectivity index (χ0v) is 20.6. The summed E-state index contributed by atoms with van der Waals surface area (Å²) in [5, 5.41) is 3.19. The van der Waals surface area contributed by atoms with Gasteiger partial charge in [0, 0.05) is 6.54 Å².